The van der Waals surface area contributed by atoms with E-state index in [0.29, 0.717) is 11.4 Å². The first kappa shape index (κ1) is 17.4. The molecule has 1 amide bonds. The van der Waals surface area contributed by atoms with Gasteiger partial charge < -0.3 is 20.8 Å². The van der Waals surface area contributed by atoms with Gasteiger partial charge in [0, 0.05) is 18.3 Å². The lowest BCUT2D eigenvalue weighted by molar-refractivity contribution is -0.146. The van der Waals surface area contributed by atoms with Crippen molar-refractivity contribution < 1.29 is 14.3 Å². The normalized spacial score (nSPS) is 11.3. The van der Waals surface area contributed by atoms with Crippen LogP contribution in [0, 0.1) is 12.3 Å². The molecule has 0 fully saturated rings. The first-order valence-electron chi connectivity index (χ1n) is 6.83. The summed E-state index contributed by atoms with van der Waals surface area (Å²) in [6.45, 7) is 6.19. The van der Waals surface area contributed by atoms with Crippen LogP contribution in [0.3, 0.4) is 0 Å². The molecule has 0 heterocycles. The summed E-state index contributed by atoms with van der Waals surface area (Å²) in [6, 6.07) is 7.75. The minimum Gasteiger partial charge on any atom is -0.456 e. The monoisotopic (exact) mass is 303 g/mol. The Balaban J connectivity index is 2.82. The highest BCUT2D eigenvalue weighted by molar-refractivity contribution is 6.00. The molecule has 1 aromatic carbocycles. The fraction of sp³-hybridized carbons (Fsp3) is 0.312. The smallest absolute Gasteiger partial charge is 0.303 e. The van der Waals surface area contributed by atoms with Gasteiger partial charge in [-0.1, -0.05) is 17.7 Å². The Morgan fingerprint density at radius 1 is 1.14 bits per heavy atom. The molecule has 1 aromatic rings. The molecule has 0 saturated carbocycles. The summed E-state index contributed by atoms with van der Waals surface area (Å²) in [4.78, 5) is 22.4. The highest BCUT2D eigenvalue weighted by atomic mass is 16.5. The van der Waals surface area contributed by atoms with Crippen LogP contribution in [0.1, 0.15) is 26.3 Å². The van der Waals surface area contributed by atoms with E-state index >= 15 is 0 Å². The summed E-state index contributed by atoms with van der Waals surface area (Å²) in [5, 5.41) is 13.5. The minimum absolute atomic E-state index is 0.202. The number of carbonyl (C=O) groups is 2. The molecule has 0 spiro atoms. The average Bonchev–Trinajstić information content (AvgIpc) is 2.44. The molecule has 6 heteroatoms. The Labute approximate surface area is 130 Å². The van der Waals surface area contributed by atoms with Crippen molar-refractivity contribution in [3.63, 3.8) is 0 Å². The third-order valence-corrected chi connectivity index (χ3v) is 2.80. The molecule has 0 bridgehead atoms. The zero-order chi connectivity index (χ0) is 16.7. The second kappa shape index (κ2) is 7.97. The maximum Gasteiger partial charge on any atom is 0.303 e. The zero-order valence-electron chi connectivity index (χ0n) is 13.2. The van der Waals surface area contributed by atoms with Crippen LogP contribution in [-0.4, -0.2) is 24.2 Å². The SMILES string of the molecule is CC(=N)/C(NC(=O)COC(C)=O)=C(/C)Nc1ccc(C)cc1. The molecule has 0 aliphatic rings. The highest BCUT2D eigenvalue weighted by Gasteiger charge is 2.11. The van der Waals surface area contributed by atoms with Gasteiger partial charge in [0.05, 0.1) is 11.4 Å². The highest BCUT2D eigenvalue weighted by Crippen LogP contribution is 2.13. The maximum absolute atomic E-state index is 11.7. The van der Waals surface area contributed by atoms with Crippen molar-refractivity contribution in [2.45, 2.75) is 27.7 Å². The molecule has 22 heavy (non-hydrogen) atoms. The van der Waals surface area contributed by atoms with E-state index in [2.05, 4.69) is 15.4 Å². The van der Waals surface area contributed by atoms with Gasteiger partial charge >= 0.3 is 5.97 Å². The Bertz CT molecular complexity index is 604. The molecule has 0 aliphatic carbocycles. The van der Waals surface area contributed by atoms with Crippen molar-refractivity contribution in [1.82, 2.24) is 5.32 Å². The van der Waals surface area contributed by atoms with E-state index in [-0.39, 0.29) is 12.3 Å². The van der Waals surface area contributed by atoms with Crippen molar-refractivity contribution in [3.05, 3.63) is 41.2 Å². The predicted molar refractivity (Wildman–Crippen MR) is 85.7 cm³/mol. The van der Waals surface area contributed by atoms with Gasteiger partial charge in [0.2, 0.25) is 0 Å². The second-order valence-corrected chi connectivity index (χ2v) is 4.94. The lowest BCUT2D eigenvalue weighted by Gasteiger charge is -2.15. The molecular weight excluding hydrogens is 282 g/mol. The molecule has 0 unspecified atom stereocenters. The molecule has 0 aromatic heterocycles. The van der Waals surface area contributed by atoms with E-state index in [9.17, 15) is 9.59 Å². The summed E-state index contributed by atoms with van der Waals surface area (Å²) in [5.74, 6) is -1.01. The van der Waals surface area contributed by atoms with Gasteiger partial charge in [-0.3, -0.25) is 9.59 Å². The first-order valence-corrected chi connectivity index (χ1v) is 6.83. The van der Waals surface area contributed by atoms with Gasteiger partial charge in [0.1, 0.15) is 0 Å². The number of hydrogen-bond donors (Lipinski definition) is 3. The van der Waals surface area contributed by atoms with Crippen LogP contribution in [0.15, 0.2) is 35.7 Å². The van der Waals surface area contributed by atoms with Crippen molar-refractivity contribution in [2.75, 3.05) is 11.9 Å². The summed E-state index contributed by atoms with van der Waals surface area (Å²) in [6.07, 6.45) is 0. The van der Waals surface area contributed by atoms with E-state index < -0.39 is 11.9 Å². The standard InChI is InChI=1S/C16H21N3O3/c1-10-5-7-14(8-6-10)18-12(3)16(11(2)17)19-15(21)9-22-13(4)20/h5-8,17-18H,9H2,1-4H3,(H,19,21)/b16-12+,17-11?. The Morgan fingerprint density at radius 2 is 1.73 bits per heavy atom. The number of carbonyl (C=O) groups excluding carboxylic acids is 2. The number of nitrogens with one attached hydrogen (secondary N) is 3. The van der Waals surface area contributed by atoms with Crippen molar-refractivity contribution in [2.24, 2.45) is 0 Å². The number of benzene rings is 1. The lowest BCUT2D eigenvalue weighted by Crippen LogP contribution is -2.32. The van der Waals surface area contributed by atoms with Gasteiger partial charge in [-0.25, -0.2) is 0 Å². The molecule has 118 valence electrons. The van der Waals surface area contributed by atoms with E-state index in [0.717, 1.165) is 11.3 Å². The van der Waals surface area contributed by atoms with Crippen LogP contribution in [0.5, 0.6) is 0 Å². The molecule has 3 N–H and O–H groups in total. The molecule has 0 atom stereocenters. The number of hydrogen-bond acceptors (Lipinski definition) is 5. The van der Waals surface area contributed by atoms with Crippen LogP contribution < -0.4 is 10.6 Å². The van der Waals surface area contributed by atoms with E-state index in [1.165, 1.54) is 6.92 Å². The van der Waals surface area contributed by atoms with Crippen LogP contribution >= 0.6 is 0 Å². The molecule has 0 aliphatic heterocycles. The number of amides is 1. The maximum atomic E-state index is 11.7. The largest absolute Gasteiger partial charge is 0.456 e. The van der Waals surface area contributed by atoms with Gasteiger partial charge in [0.25, 0.3) is 5.91 Å². The van der Waals surface area contributed by atoms with E-state index in [1.807, 2.05) is 31.2 Å². The Morgan fingerprint density at radius 3 is 2.23 bits per heavy atom. The molecular formula is C16H21N3O3. The molecule has 6 nitrogen and oxygen atoms in total. The minimum atomic E-state index is -0.526. The summed E-state index contributed by atoms with van der Waals surface area (Å²) < 4.78 is 4.63. The van der Waals surface area contributed by atoms with Crippen LogP contribution in [0.4, 0.5) is 5.69 Å². The fourth-order valence-electron chi connectivity index (χ4n) is 1.73. The van der Waals surface area contributed by atoms with Crippen molar-refractivity contribution in [3.8, 4) is 0 Å². The third-order valence-electron chi connectivity index (χ3n) is 2.80. The van der Waals surface area contributed by atoms with Gasteiger partial charge in [0.15, 0.2) is 6.61 Å². The average molecular weight is 303 g/mol. The van der Waals surface area contributed by atoms with Gasteiger partial charge in [-0.05, 0) is 32.9 Å². The zero-order valence-corrected chi connectivity index (χ0v) is 13.2. The summed E-state index contributed by atoms with van der Waals surface area (Å²) >= 11 is 0. The number of aryl methyl sites for hydroxylation is 1. The predicted octanol–water partition coefficient (Wildman–Crippen LogP) is 2.36. The van der Waals surface area contributed by atoms with E-state index in [1.54, 1.807) is 13.8 Å². The quantitative estimate of drug-likeness (QED) is 0.556. The Hall–Kier alpha value is -2.63. The summed E-state index contributed by atoms with van der Waals surface area (Å²) in [5.41, 5.74) is 3.19. The molecule has 0 saturated heterocycles. The lowest BCUT2D eigenvalue weighted by atomic mass is 10.2. The number of ether oxygens (including phenoxy) is 1. The number of esters is 1. The van der Waals surface area contributed by atoms with Crippen molar-refractivity contribution in [1.29, 1.82) is 5.41 Å². The van der Waals surface area contributed by atoms with E-state index in [4.69, 9.17) is 5.41 Å². The summed E-state index contributed by atoms with van der Waals surface area (Å²) in [7, 11) is 0. The number of anilines is 1. The third kappa shape index (κ3) is 5.78. The van der Waals surface area contributed by atoms with Crippen LogP contribution in [0.25, 0.3) is 0 Å². The Kier molecular flexibility index (Phi) is 6.31. The first-order chi connectivity index (χ1) is 10.3. The van der Waals surface area contributed by atoms with Crippen molar-refractivity contribution >= 4 is 23.3 Å². The topological polar surface area (TPSA) is 91.3 Å². The molecule has 1 rings (SSSR count). The fourth-order valence-corrected chi connectivity index (χ4v) is 1.73. The molecule has 0 radical (unpaired) electrons. The van der Waals surface area contributed by atoms with Gasteiger partial charge in [-0.2, -0.15) is 0 Å². The second-order valence-electron chi connectivity index (χ2n) is 4.94. The number of rotatable bonds is 6. The number of allylic oxidation sites excluding steroid dienone is 2. The van der Waals surface area contributed by atoms with Gasteiger partial charge in [-0.15, -0.1) is 0 Å². The van der Waals surface area contributed by atoms with Crippen LogP contribution in [0.2, 0.25) is 0 Å². The van der Waals surface area contributed by atoms with Crippen LogP contribution in [-0.2, 0) is 14.3 Å².